The Morgan fingerprint density at radius 1 is 1.14 bits per heavy atom. The van der Waals surface area contributed by atoms with Crippen LogP contribution in [0.1, 0.15) is 6.42 Å². The standard InChI is InChI=1S/C16H13NO3S/c18-14(19)9-10-20-12-7-4-8-13-15(12)17-16(21-13)11-5-2-1-3-6-11/h1-8H,9-10H2,(H,18,19). The van der Waals surface area contributed by atoms with Gasteiger partial charge in [0.15, 0.2) is 0 Å². The van der Waals surface area contributed by atoms with E-state index in [9.17, 15) is 4.79 Å². The Morgan fingerprint density at radius 3 is 2.71 bits per heavy atom. The van der Waals surface area contributed by atoms with Crippen molar-refractivity contribution >= 4 is 27.5 Å². The summed E-state index contributed by atoms with van der Waals surface area (Å²) < 4.78 is 6.57. The molecule has 0 fully saturated rings. The number of nitrogens with zero attached hydrogens (tertiary/aromatic N) is 1. The molecule has 106 valence electrons. The molecule has 0 aliphatic carbocycles. The molecule has 1 N–H and O–H groups in total. The van der Waals surface area contributed by atoms with Crippen LogP contribution < -0.4 is 4.74 Å². The number of hydrogen-bond donors (Lipinski definition) is 1. The average molecular weight is 299 g/mol. The summed E-state index contributed by atoms with van der Waals surface area (Å²) in [6.07, 6.45) is -0.0218. The Morgan fingerprint density at radius 2 is 1.95 bits per heavy atom. The maximum Gasteiger partial charge on any atom is 0.306 e. The lowest BCUT2D eigenvalue weighted by Crippen LogP contribution is -2.04. The van der Waals surface area contributed by atoms with E-state index < -0.39 is 5.97 Å². The third-order valence-electron chi connectivity index (χ3n) is 2.98. The lowest BCUT2D eigenvalue weighted by molar-refractivity contribution is -0.137. The van der Waals surface area contributed by atoms with E-state index >= 15 is 0 Å². The monoisotopic (exact) mass is 299 g/mol. The zero-order chi connectivity index (χ0) is 14.7. The molecule has 0 saturated heterocycles. The van der Waals surface area contributed by atoms with Crippen molar-refractivity contribution in [3.05, 3.63) is 48.5 Å². The number of carbonyl (C=O) groups is 1. The number of thiazole rings is 1. The second kappa shape index (κ2) is 5.93. The van der Waals surface area contributed by atoms with Gasteiger partial charge in [0.2, 0.25) is 0 Å². The molecule has 1 aromatic heterocycles. The van der Waals surface area contributed by atoms with Crippen molar-refractivity contribution in [3.63, 3.8) is 0 Å². The van der Waals surface area contributed by atoms with Gasteiger partial charge in [-0.1, -0.05) is 36.4 Å². The Hall–Kier alpha value is -2.40. The summed E-state index contributed by atoms with van der Waals surface area (Å²) in [4.78, 5) is 15.2. The van der Waals surface area contributed by atoms with E-state index in [-0.39, 0.29) is 13.0 Å². The largest absolute Gasteiger partial charge is 0.491 e. The Labute approximate surface area is 125 Å². The van der Waals surface area contributed by atoms with E-state index in [0.29, 0.717) is 5.75 Å². The summed E-state index contributed by atoms with van der Waals surface area (Å²) >= 11 is 1.60. The molecule has 0 amide bonds. The highest BCUT2D eigenvalue weighted by Gasteiger charge is 2.10. The van der Waals surface area contributed by atoms with Crippen molar-refractivity contribution in [1.82, 2.24) is 4.98 Å². The van der Waals surface area contributed by atoms with Gasteiger partial charge < -0.3 is 9.84 Å². The van der Waals surface area contributed by atoms with E-state index in [2.05, 4.69) is 4.98 Å². The number of para-hydroxylation sites is 1. The first-order valence-electron chi connectivity index (χ1n) is 6.53. The van der Waals surface area contributed by atoms with Crippen LogP contribution in [0.25, 0.3) is 20.8 Å². The van der Waals surface area contributed by atoms with Crippen LogP contribution in [0.2, 0.25) is 0 Å². The number of hydrogen-bond acceptors (Lipinski definition) is 4. The molecule has 0 aliphatic heterocycles. The molecule has 0 radical (unpaired) electrons. The highest BCUT2D eigenvalue weighted by atomic mass is 32.1. The van der Waals surface area contributed by atoms with Crippen molar-refractivity contribution < 1.29 is 14.6 Å². The Bertz CT molecular complexity index is 768. The minimum atomic E-state index is -0.870. The number of fused-ring (bicyclic) bond motifs is 1. The first kappa shape index (κ1) is 13.6. The Balaban J connectivity index is 1.92. The molecule has 21 heavy (non-hydrogen) atoms. The molecule has 0 saturated carbocycles. The fraction of sp³-hybridized carbons (Fsp3) is 0.125. The van der Waals surface area contributed by atoms with Crippen LogP contribution >= 0.6 is 11.3 Å². The number of ether oxygens (including phenoxy) is 1. The summed E-state index contributed by atoms with van der Waals surface area (Å²) in [5.41, 5.74) is 1.85. The highest BCUT2D eigenvalue weighted by molar-refractivity contribution is 7.21. The van der Waals surface area contributed by atoms with Crippen molar-refractivity contribution in [2.75, 3.05) is 6.61 Å². The van der Waals surface area contributed by atoms with E-state index in [4.69, 9.17) is 9.84 Å². The van der Waals surface area contributed by atoms with Crippen molar-refractivity contribution in [1.29, 1.82) is 0 Å². The van der Waals surface area contributed by atoms with Gasteiger partial charge in [-0.25, -0.2) is 4.98 Å². The fourth-order valence-electron chi connectivity index (χ4n) is 1.99. The smallest absolute Gasteiger partial charge is 0.306 e. The summed E-state index contributed by atoms with van der Waals surface area (Å²) in [7, 11) is 0. The topological polar surface area (TPSA) is 59.4 Å². The summed E-state index contributed by atoms with van der Waals surface area (Å²) in [6.45, 7) is 0.145. The van der Waals surface area contributed by atoms with Crippen LogP contribution in [0.15, 0.2) is 48.5 Å². The van der Waals surface area contributed by atoms with Gasteiger partial charge in [-0.2, -0.15) is 0 Å². The van der Waals surface area contributed by atoms with Crippen molar-refractivity contribution in [2.45, 2.75) is 6.42 Å². The van der Waals surface area contributed by atoms with Gasteiger partial charge >= 0.3 is 5.97 Å². The fourth-order valence-corrected chi connectivity index (χ4v) is 2.98. The van der Waals surface area contributed by atoms with Crippen LogP contribution in [0.5, 0.6) is 5.75 Å². The SMILES string of the molecule is O=C(O)CCOc1cccc2sc(-c3ccccc3)nc12. The third kappa shape index (κ3) is 3.03. The lowest BCUT2D eigenvalue weighted by atomic mass is 10.2. The molecule has 2 aromatic carbocycles. The number of aliphatic carboxylic acids is 1. The zero-order valence-electron chi connectivity index (χ0n) is 11.2. The van der Waals surface area contributed by atoms with Crippen LogP contribution in [-0.2, 0) is 4.79 Å². The molecule has 0 bridgehead atoms. The maximum absolute atomic E-state index is 10.5. The molecule has 0 aliphatic rings. The van der Waals surface area contributed by atoms with Crippen LogP contribution in [0.4, 0.5) is 0 Å². The molecule has 4 nitrogen and oxygen atoms in total. The zero-order valence-corrected chi connectivity index (χ0v) is 12.0. The molecule has 5 heteroatoms. The average Bonchev–Trinajstić information content (AvgIpc) is 2.93. The molecule has 0 unspecified atom stereocenters. The molecule has 0 atom stereocenters. The number of benzene rings is 2. The quantitative estimate of drug-likeness (QED) is 0.778. The first-order chi connectivity index (χ1) is 10.2. The summed E-state index contributed by atoms with van der Waals surface area (Å²) in [6, 6.07) is 15.7. The molecule has 3 rings (SSSR count). The maximum atomic E-state index is 10.5. The van der Waals surface area contributed by atoms with Gasteiger partial charge in [-0.05, 0) is 12.1 Å². The van der Waals surface area contributed by atoms with Gasteiger partial charge in [0, 0.05) is 5.56 Å². The lowest BCUT2D eigenvalue weighted by Gasteiger charge is -2.04. The summed E-state index contributed by atoms with van der Waals surface area (Å²) in [5, 5.41) is 9.59. The molecular formula is C16H13NO3S. The Kier molecular flexibility index (Phi) is 3.83. The van der Waals surface area contributed by atoms with Gasteiger partial charge in [-0.3, -0.25) is 4.79 Å². The first-order valence-corrected chi connectivity index (χ1v) is 7.35. The molecule has 1 heterocycles. The predicted molar refractivity (Wildman–Crippen MR) is 82.8 cm³/mol. The minimum absolute atomic E-state index is 0.0218. The van der Waals surface area contributed by atoms with Gasteiger partial charge in [0.05, 0.1) is 17.7 Å². The molecule has 3 aromatic rings. The van der Waals surface area contributed by atoms with Gasteiger partial charge in [0.25, 0.3) is 0 Å². The normalized spacial score (nSPS) is 10.7. The van der Waals surface area contributed by atoms with Gasteiger partial charge in [-0.15, -0.1) is 11.3 Å². The van der Waals surface area contributed by atoms with Crippen molar-refractivity contribution in [2.24, 2.45) is 0 Å². The number of rotatable bonds is 5. The van der Waals surface area contributed by atoms with Gasteiger partial charge in [0.1, 0.15) is 16.3 Å². The second-order valence-corrected chi connectivity index (χ2v) is 5.51. The number of aromatic nitrogens is 1. The van der Waals surface area contributed by atoms with E-state index in [1.807, 2.05) is 48.5 Å². The second-order valence-electron chi connectivity index (χ2n) is 4.48. The molecular weight excluding hydrogens is 286 g/mol. The van der Waals surface area contributed by atoms with Crippen LogP contribution in [0.3, 0.4) is 0 Å². The predicted octanol–water partition coefficient (Wildman–Crippen LogP) is 3.82. The highest BCUT2D eigenvalue weighted by Crippen LogP contribution is 2.34. The summed E-state index contributed by atoms with van der Waals surface area (Å²) in [5.74, 6) is -0.238. The van der Waals surface area contributed by atoms with Crippen LogP contribution in [0, 0.1) is 0 Å². The minimum Gasteiger partial charge on any atom is -0.491 e. The van der Waals surface area contributed by atoms with E-state index in [1.165, 1.54) is 0 Å². The number of carboxylic acids is 1. The van der Waals surface area contributed by atoms with E-state index in [1.54, 1.807) is 11.3 Å². The van der Waals surface area contributed by atoms with Crippen molar-refractivity contribution in [3.8, 4) is 16.3 Å². The third-order valence-corrected chi connectivity index (χ3v) is 4.05. The van der Waals surface area contributed by atoms with Crippen LogP contribution in [-0.4, -0.2) is 22.7 Å². The molecule has 0 spiro atoms. The van der Waals surface area contributed by atoms with E-state index in [0.717, 1.165) is 20.8 Å². The number of carboxylic acid groups (broad SMARTS) is 1.